The summed E-state index contributed by atoms with van der Waals surface area (Å²) in [5.74, 6) is 0.597. The molecule has 3 aromatic rings. The minimum Gasteiger partial charge on any atom is -0.488 e. The number of ether oxygens (including phenoxy) is 1. The first-order chi connectivity index (χ1) is 15.1. The van der Waals surface area contributed by atoms with Crippen LogP contribution in [0, 0.1) is 0 Å². The number of halogens is 1. The van der Waals surface area contributed by atoms with Crippen LogP contribution in [0.25, 0.3) is 6.08 Å². The molecular weight excluding hydrogens is 446 g/mol. The summed E-state index contributed by atoms with van der Waals surface area (Å²) in [6, 6.07) is 23.1. The molecule has 0 unspecified atom stereocenters. The molecule has 6 heteroatoms. The van der Waals surface area contributed by atoms with Crippen molar-refractivity contribution in [2.75, 3.05) is 4.90 Å². The Bertz CT molecular complexity index is 1160. The van der Waals surface area contributed by atoms with Gasteiger partial charge in [-0.05, 0) is 47.9 Å². The van der Waals surface area contributed by atoms with Crippen LogP contribution in [-0.4, -0.2) is 10.2 Å². The third-order valence-electron chi connectivity index (χ3n) is 4.92. The largest absolute Gasteiger partial charge is 0.488 e. The van der Waals surface area contributed by atoms with Gasteiger partial charge in [0.05, 0.1) is 10.6 Å². The highest BCUT2D eigenvalue weighted by Crippen LogP contribution is 2.38. The smallest absolute Gasteiger partial charge is 0.270 e. The zero-order valence-electron chi connectivity index (χ0n) is 16.9. The van der Waals surface area contributed by atoms with E-state index in [1.807, 2.05) is 78.9 Å². The second kappa shape index (κ2) is 9.69. The molecule has 156 valence electrons. The fraction of sp³-hybridized carbons (Fsp3) is 0.120. The highest BCUT2D eigenvalue weighted by atomic mass is 35.5. The Morgan fingerprint density at radius 1 is 1.03 bits per heavy atom. The lowest BCUT2D eigenvalue weighted by atomic mass is 10.1. The molecule has 1 amide bonds. The van der Waals surface area contributed by atoms with Gasteiger partial charge in [-0.25, -0.2) is 0 Å². The first-order valence-corrected chi connectivity index (χ1v) is 11.5. The minimum atomic E-state index is -0.108. The summed E-state index contributed by atoms with van der Waals surface area (Å²) in [6.45, 7) is 2.48. The molecule has 3 aromatic carbocycles. The van der Waals surface area contributed by atoms with E-state index in [1.54, 1.807) is 4.90 Å². The molecule has 1 fully saturated rings. The van der Waals surface area contributed by atoms with Crippen LogP contribution in [0.3, 0.4) is 0 Å². The van der Waals surface area contributed by atoms with Crippen molar-refractivity contribution >= 4 is 57.6 Å². The van der Waals surface area contributed by atoms with Gasteiger partial charge in [0.2, 0.25) is 0 Å². The lowest BCUT2D eigenvalue weighted by Crippen LogP contribution is -2.28. The van der Waals surface area contributed by atoms with Gasteiger partial charge in [-0.15, -0.1) is 0 Å². The number of hydrogen-bond donors (Lipinski definition) is 0. The number of nitrogens with zero attached hydrogens (tertiary/aromatic N) is 1. The van der Waals surface area contributed by atoms with Crippen LogP contribution in [0.15, 0.2) is 77.7 Å². The van der Waals surface area contributed by atoms with Crippen LogP contribution < -0.4 is 9.64 Å². The molecule has 0 aliphatic carbocycles. The van der Waals surface area contributed by atoms with Gasteiger partial charge in [0, 0.05) is 10.6 Å². The monoisotopic (exact) mass is 465 g/mol. The summed E-state index contributed by atoms with van der Waals surface area (Å²) in [5.41, 5.74) is 3.79. The zero-order valence-corrected chi connectivity index (χ0v) is 19.3. The average molecular weight is 466 g/mol. The van der Waals surface area contributed by atoms with E-state index in [4.69, 9.17) is 28.6 Å². The number of carbonyl (C=O) groups is 1. The maximum Gasteiger partial charge on any atom is 0.270 e. The molecule has 3 nitrogen and oxygen atoms in total. The van der Waals surface area contributed by atoms with Crippen LogP contribution in [0.5, 0.6) is 5.75 Å². The van der Waals surface area contributed by atoms with Gasteiger partial charge < -0.3 is 4.74 Å². The quantitative estimate of drug-likeness (QED) is 0.293. The third kappa shape index (κ3) is 4.85. The summed E-state index contributed by atoms with van der Waals surface area (Å²) in [4.78, 5) is 15.4. The van der Waals surface area contributed by atoms with E-state index in [0.717, 1.165) is 28.8 Å². The Hall–Kier alpha value is -2.60. The topological polar surface area (TPSA) is 29.5 Å². The number of hydrogen-bond acceptors (Lipinski definition) is 4. The highest BCUT2D eigenvalue weighted by Gasteiger charge is 2.34. The molecule has 1 heterocycles. The van der Waals surface area contributed by atoms with Gasteiger partial charge in [-0.3, -0.25) is 9.69 Å². The number of anilines is 1. The lowest BCUT2D eigenvalue weighted by Gasteiger charge is -2.18. The highest BCUT2D eigenvalue weighted by molar-refractivity contribution is 8.27. The molecule has 0 atom stereocenters. The van der Waals surface area contributed by atoms with E-state index in [1.165, 1.54) is 11.8 Å². The first-order valence-electron chi connectivity index (χ1n) is 9.89. The molecule has 0 saturated carbocycles. The van der Waals surface area contributed by atoms with Crippen LogP contribution >= 0.6 is 35.6 Å². The van der Waals surface area contributed by atoms with Gasteiger partial charge in [0.15, 0.2) is 4.32 Å². The van der Waals surface area contributed by atoms with Gasteiger partial charge in [0.1, 0.15) is 12.4 Å². The average Bonchev–Trinajstić information content (AvgIpc) is 3.06. The molecule has 0 radical (unpaired) electrons. The predicted molar refractivity (Wildman–Crippen MR) is 134 cm³/mol. The second-order valence-corrected chi connectivity index (χ2v) is 9.06. The van der Waals surface area contributed by atoms with Crippen molar-refractivity contribution in [1.82, 2.24) is 0 Å². The predicted octanol–water partition coefficient (Wildman–Crippen LogP) is 6.89. The van der Waals surface area contributed by atoms with Crippen molar-refractivity contribution in [2.45, 2.75) is 20.0 Å². The Morgan fingerprint density at radius 3 is 2.52 bits per heavy atom. The van der Waals surface area contributed by atoms with Crippen molar-refractivity contribution < 1.29 is 9.53 Å². The number of benzene rings is 3. The van der Waals surface area contributed by atoms with Crippen LogP contribution in [-0.2, 0) is 17.8 Å². The summed E-state index contributed by atoms with van der Waals surface area (Å²) >= 11 is 12.8. The van der Waals surface area contributed by atoms with Crippen LogP contribution in [0.4, 0.5) is 5.69 Å². The van der Waals surface area contributed by atoms with E-state index in [2.05, 4.69) is 6.92 Å². The number of carbonyl (C=O) groups excluding carboxylic acids is 1. The Balaban J connectivity index is 1.58. The lowest BCUT2D eigenvalue weighted by molar-refractivity contribution is -0.113. The fourth-order valence-corrected chi connectivity index (χ4v) is 4.72. The maximum absolute atomic E-state index is 13.2. The minimum absolute atomic E-state index is 0.108. The zero-order chi connectivity index (χ0) is 21.8. The summed E-state index contributed by atoms with van der Waals surface area (Å²) in [7, 11) is 0. The number of aryl methyl sites for hydroxylation is 1. The molecule has 0 spiro atoms. The fourth-order valence-electron chi connectivity index (χ4n) is 3.32. The van der Waals surface area contributed by atoms with Crippen molar-refractivity contribution in [2.24, 2.45) is 0 Å². The Kier molecular flexibility index (Phi) is 6.76. The van der Waals surface area contributed by atoms with Crippen molar-refractivity contribution in [3.8, 4) is 5.75 Å². The molecule has 31 heavy (non-hydrogen) atoms. The van der Waals surface area contributed by atoms with E-state index in [9.17, 15) is 4.79 Å². The number of para-hydroxylation sites is 2. The van der Waals surface area contributed by atoms with E-state index >= 15 is 0 Å². The number of thiocarbonyl (C=S) groups is 1. The second-order valence-electron chi connectivity index (χ2n) is 6.95. The summed E-state index contributed by atoms with van der Waals surface area (Å²) in [5, 5.41) is 0.691. The molecule has 0 bridgehead atoms. The van der Waals surface area contributed by atoms with Gasteiger partial charge >= 0.3 is 0 Å². The van der Waals surface area contributed by atoms with Crippen LogP contribution in [0.1, 0.15) is 23.6 Å². The van der Waals surface area contributed by atoms with E-state index < -0.39 is 0 Å². The first kappa shape index (κ1) is 21.6. The molecule has 1 aliphatic heterocycles. The molecule has 1 aliphatic rings. The molecule has 4 rings (SSSR count). The third-order valence-corrected chi connectivity index (χ3v) is 6.47. The molecule has 0 N–H and O–H groups in total. The van der Waals surface area contributed by atoms with Crippen LogP contribution in [0.2, 0.25) is 5.02 Å². The van der Waals surface area contributed by atoms with Gasteiger partial charge in [-0.1, -0.05) is 91.0 Å². The van der Waals surface area contributed by atoms with E-state index in [-0.39, 0.29) is 5.91 Å². The van der Waals surface area contributed by atoms with Crippen molar-refractivity contribution in [3.63, 3.8) is 0 Å². The van der Waals surface area contributed by atoms with Crippen molar-refractivity contribution in [1.29, 1.82) is 0 Å². The summed E-state index contributed by atoms with van der Waals surface area (Å²) in [6.07, 6.45) is 2.68. The van der Waals surface area contributed by atoms with Gasteiger partial charge in [0.25, 0.3) is 5.91 Å². The maximum atomic E-state index is 13.2. The standard InChI is InChI=1S/C25H20ClNO2S2/c1-2-18-7-3-5-9-21(18)27-24(28)23(31-25(27)30)15-19-8-4-6-10-22(19)29-16-17-11-13-20(26)14-12-17/h3-15H,2,16H2,1H3. The Labute approximate surface area is 196 Å². The molecular formula is C25H20ClNO2S2. The number of rotatable bonds is 6. The van der Waals surface area contributed by atoms with Gasteiger partial charge in [-0.2, -0.15) is 0 Å². The molecule has 1 saturated heterocycles. The summed E-state index contributed by atoms with van der Waals surface area (Å²) < 4.78 is 6.57. The number of thioether (sulfide) groups is 1. The SMILES string of the molecule is CCc1ccccc1N1C(=O)C(=Cc2ccccc2OCc2ccc(Cl)cc2)SC1=S. The van der Waals surface area contributed by atoms with Crippen molar-refractivity contribution in [3.05, 3.63) is 99.4 Å². The number of amides is 1. The Morgan fingerprint density at radius 2 is 1.74 bits per heavy atom. The van der Waals surface area contributed by atoms with E-state index in [0.29, 0.717) is 26.6 Å². The normalized spacial score (nSPS) is 15.0. The molecule has 0 aromatic heterocycles.